The minimum Gasteiger partial charge on any atom is -0.334 e. The van der Waals surface area contributed by atoms with Crippen LogP contribution in [0, 0.1) is 0 Å². The first-order valence-corrected chi connectivity index (χ1v) is 13.4. The van der Waals surface area contributed by atoms with Crippen molar-refractivity contribution in [1.29, 1.82) is 0 Å². The van der Waals surface area contributed by atoms with Gasteiger partial charge in [-0.2, -0.15) is 0 Å². The van der Waals surface area contributed by atoms with E-state index >= 15 is 0 Å². The van der Waals surface area contributed by atoms with Gasteiger partial charge in [-0.3, -0.25) is 4.79 Å². The second-order valence-electron chi connectivity index (χ2n) is 7.77. The lowest BCUT2D eigenvalue weighted by Crippen LogP contribution is -2.41. The molecule has 0 N–H and O–H groups in total. The first-order chi connectivity index (χ1) is 15.5. The van der Waals surface area contributed by atoms with Crippen molar-refractivity contribution in [1.82, 2.24) is 19.7 Å². The first kappa shape index (κ1) is 22.5. The summed E-state index contributed by atoms with van der Waals surface area (Å²) in [5, 5.41) is 9.32. The number of rotatable bonds is 8. The highest BCUT2D eigenvalue weighted by Gasteiger charge is 2.34. The Morgan fingerprint density at radius 3 is 2.41 bits per heavy atom. The quantitative estimate of drug-likeness (QED) is 0.470. The molecular formula is C23H26N4O3S2. The number of carbonyl (C=O) groups excluding carboxylic acids is 1. The molecule has 1 amide bonds. The van der Waals surface area contributed by atoms with Crippen LogP contribution >= 0.6 is 11.8 Å². The maximum atomic E-state index is 13.2. The predicted octanol–water partition coefficient (Wildman–Crippen LogP) is 3.27. The Hall–Kier alpha value is -2.65. The fourth-order valence-electron chi connectivity index (χ4n) is 3.91. The van der Waals surface area contributed by atoms with Crippen molar-refractivity contribution in [2.24, 2.45) is 0 Å². The molecule has 32 heavy (non-hydrogen) atoms. The van der Waals surface area contributed by atoms with Gasteiger partial charge in [-0.15, -0.1) is 10.2 Å². The van der Waals surface area contributed by atoms with E-state index in [0.29, 0.717) is 24.7 Å². The van der Waals surface area contributed by atoms with Crippen molar-refractivity contribution in [3.63, 3.8) is 0 Å². The SMILES string of the molecule is CCn1c(SCC(=O)N(Cc2ccccc2)[C@H]2CCS(=O)(=O)C2)nnc1-c1ccccc1. The van der Waals surface area contributed by atoms with Crippen molar-refractivity contribution in [3.05, 3.63) is 66.2 Å². The van der Waals surface area contributed by atoms with Crippen LogP contribution in [-0.4, -0.2) is 57.3 Å². The monoisotopic (exact) mass is 470 g/mol. The standard InChI is InChI=1S/C23H26N4O3S2/c1-2-26-22(19-11-7-4-8-12-19)24-25-23(26)31-16-21(28)27(15-18-9-5-3-6-10-18)20-13-14-32(29,30)17-20/h3-12,20H,2,13-17H2,1H3/t20-/m0/s1. The third-order valence-electron chi connectivity index (χ3n) is 5.56. The molecule has 4 rings (SSSR count). The number of sulfone groups is 1. The Bertz CT molecular complexity index is 1160. The molecule has 168 valence electrons. The van der Waals surface area contributed by atoms with Crippen LogP contribution in [0.4, 0.5) is 0 Å². The van der Waals surface area contributed by atoms with E-state index in [1.165, 1.54) is 11.8 Å². The van der Waals surface area contributed by atoms with Crippen LogP contribution in [0.3, 0.4) is 0 Å². The van der Waals surface area contributed by atoms with Gasteiger partial charge in [0.1, 0.15) is 0 Å². The van der Waals surface area contributed by atoms with E-state index in [1.807, 2.05) is 72.2 Å². The van der Waals surface area contributed by atoms with Gasteiger partial charge in [0.2, 0.25) is 5.91 Å². The topological polar surface area (TPSA) is 85.2 Å². The molecule has 7 nitrogen and oxygen atoms in total. The van der Waals surface area contributed by atoms with Crippen molar-refractivity contribution in [2.75, 3.05) is 17.3 Å². The minimum absolute atomic E-state index is 0.0273. The number of carbonyl (C=O) groups is 1. The molecule has 1 aliphatic heterocycles. The molecule has 0 aliphatic carbocycles. The number of thioether (sulfide) groups is 1. The van der Waals surface area contributed by atoms with Crippen LogP contribution in [-0.2, 0) is 27.7 Å². The first-order valence-electron chi connectivity index (χ1n) is 10.6. The zero-order valence-electron chi connectivity index (χ0n) is 17.9. The van der Waals surface area contributed by atoms with Gasteiger partial charge < -0.3 is 9.47 Å². The Kier molecular flexibility index (Phi) is 6.95. The second-order valence-corrected chi connectivity index (χ2v) is 10.9. The lowest BCUT2D eigenvalue weighted by Gasteiger charge is -2.28. The largest absolute Gasteiger partial charge is 0.334 e. The normalized spacial score (nSPS) is 17.3. The van der Waals surface area contributed by atoms with E-state index in [1.54, 1.807) is 4.90 Å². The lowest BCUT2D eigenvalue weighted by molar-refractivity contribution is -0.130. The van der Waals surface area contributed by atoms with Crippen LogP contribution in [0.5, 0.6) is 0 Å². The summed E-state index contributed by atoms with van der Waals surface area (Å²) in [5.74, 6) is 1.02. The molecule has 0 spiro atoms. The van der Waals surface area contributed by atoms with Gasteiger partial charge in [0.25, 0.3) is 0 Å². The molecule has 1 aromatic heterocycles. The Labute approximate surface area is 192 Å². The number of hydrogen-bond donors (Lipinski definition) is 0. The summed E-state index contributed by atoms with van der Waals surface area (Å²) in [6.45, 7) is 3.10. The maximum Gasteiger partial charge on any atom is 0.233 e. The lowest BCUT2D eigenvalue weighted by atomic mass is 10.1. The number of hydrogen-bond acceptors (Lipinski definition) is 6. The smallest absolute Gasteiger partial charge is 0.233 e. The molecule has 1 atom stereocenters. The van der Waals surface area contributed by atoms with Gasteiger partial charge in [0.05, 0.1) is 17.3 Å². The van der Waals surface area contributed by atoms with E-state index in [2.05, 4.69) is 10.2 Å². The highest BCUT2D eigenvalue weighted by Crippen LogP contribution is 2.26. The van der Waals surface area contributed by atoms with E-state index in [4.69, 9.17) is 0 Å². The molecule has 0 unspecified atom stereocenters. The highest BCUT2D eigenvalue weighted by molar-refractivity contribution is 7.99. The van der Waals surface area contributed by atoms with E-state index in [-0.39, 0.29) is 29.2 Å². The zero-order valence-corrected chi connectivity index (χ0v) is 19.6. The third-order valence-corrected chi connectivity index (χ3v) is 8.26. The zero-order chi connectivity index (χ0) is 22.6. The summed E-state index contributed by atoms with van der Waals surface area (Å²) in [5.41, 5.74) is 1.96. The van der Waals surface area contributed by atoms with Gasteiger partial charge in [-0.25, -0.2) is 8.42 Å². The predicted molar refractivity (Wildman–Crippen MR) is 126 cm³/mol. The molecule has 0 radical (unpaired) electrons. The van der Waals surface area contributed by atoms with Gasteiger partial charge in [-0.05, 0) is 18.9 Å². The van der Waals surface area contributed by atoms with E-state index in [9.17, 15) is 13.2 Å². The fraction of sp³-hybridized carbons (Fsp3) is 0.348. The van der Waals surface area contributed by atoms with Gasteiger partial charge >= 0.3 is 0 Å². The number of nitrogens with zero attached hydrogens (tertiary/aromatic N) is 4. The Morgan fingerprint density at radius 1 is 1.09 bits per heavy atom. The van der Waals surface area contributed by atoms with Crippen LogP contribution in [0.1, 0.15) is 18.9 Å². The molecule has 2 heterocycles. The molecule has 1 saturated heterocycles. The van der Waals surface area contributed by atoms with Crippen molar-refractivity contribution < 1.29 is 13.2 Å². The molecule has 0 saturated carbocycles. The van der Waals surface area contributed by atoms with Crippen LogP contribution in [0.15, 0.2) is 65.8 Å². The van der Waals surface area contributed by atoms with Crippen molar-refractivity contribution in [3.8, 4) is 11.4 Å². The Morgan fingerprint density at radius 2 is 1.78 bits per heavy atom. The summed E-state index contributed by atoms with van der Waals surface area (Å²) in [4.78, 5) is 15.0. The summed E-state index contributed by atoms with van der Waals surface area (Å²) in [6, 6.07) is 19.2. The average molecular weight is 471 g/mol. The van der Waals surface area contributed by atoms with Crippen molar-refractivity contribution in [2.45, 2.75) is 37.6 Å². The molecule has 1 aliphatic rings. The van der Waals surface area contributed by atoms with Crippen LogP contribution < -0.4 is 0 Å². The van der Waals surface area contributed by atoms with Gasteiger partial charge in [0.15, 0.2) is 20.8 Å². The Balaban J connectivity index is 1.51. The van der Waals surface area contributed by atoms with Gasteiger partial charge in [-0.1, -0.05) is 72.4 Å². The summed E-state index contributed by atoms with van der Waals surface area (Å²) in [7, 11) is -3.10. The number of benzene rings is 2. The maximum absolute atomic E-state index is 13.2. The minimum atomic E-state index is -3.10. The fourth-order valence-corrected chi connectivity index (χ4v) is 6.53. The molecule has 9 heteroatoms. The van der Waals surface area contributed by atoms with Crippen molar-refractivity contribution >= 4 is 27.5 Å². The molecule has 1 fully saturated rings. The molecular weight excluding hydrogens is 444 g/mol. The highest BCUT2D eigenvalue weighted by atomic mass is 32.2. The average Bonchev–Trinajstić information content (AvgIpc) is 3.39. The molecule has 2 aromatic carbocycles. The number of aromatic nitrogens is 3. The summed E-state index contributed by atoms with van der Waals surface area (Å²) in [6.07, 6.45) is 0.481. The van der Waals surface area contributed by atoms with Crippen LogP contribution in [0.25, 0.3) is 11.4 Å². The molecule has 3 aromatic rings. The van der Waals surface area contributed by atoms with Crippen LogP contribution in [0.2, 0.25) is 0 Å². The van der Waals surface area contributed by atoms with E-state index in [0.717, 1.165) is 17.0 Å². The number of amides is 1. The third kappa shape index (κ3) is 5.21. The van der Waals surface area contributed by atoms with Gasteiger partial charge in [0, 0.05) is 24.7 Å². The summed E-state index contributed by atoms with van der Waals surface area (Å²) >= 11 is 1.34. The second kappa shape index (κ2) is 9.87. The molecule has 0 bridgehead atoms. The summed E-state index contributed by atoms with van der Waals surface area (Å²) < 4.78 is 26.1. The van der Waals surface area contributed by atoms with E-state index < -0.39 is 9.84 Å².